The van der Waals surface area contributed by atoms with E-state index in [1.54, 1.807) is 6.07 Å². The lowest BCUT2D eigenvalue weighted by atomic mass is 10.0. The number of phenolic OH excluding ortho intramolecular Hbond substituents is 2. The van der Waals surface area contributed by atoms with Gasteiger partial charge in [0.05, 0.1) is 12.0 Å². The van der Waals surface area contributed by atoms with Gasteiger partial charge in [-0.1, -0.05) is 6.92 Å². The Morgan fingerprint density at radius 1 is 1.32 bits per heavy atom. The summed E-state index contributed by atoms with van der Waals surface area (Å²) in [5.41, 5.74) is 1.77. The zero-order valence-corrected chi connectivity index (χ0v) is 11.6. The van der Waals surface area contributed by atoms with Crippen molar-refractivity contribution in [3.05, 3.63) is 39.3 Å². The second-order valence-corrected chi connectivity index (χ2v) is 5.28. The highest BCUT2D eigenvalue weighted by Crippen LogP contribution is 2.29. The molecule has 0 saturated carbocycles. The minimum Gasteiger partial charge on any atom is -0.508 e. The number of carbonyl (C=O) groups is 1. The summed E-state index contributed by atoms with van der Waals surface area (Å²) in [5, 5.41) is 22.0. The molecule has 1 aromatic heterocycles. The molecule has 0 unspecified atom stereocenters. The number of hydrogen-bond donors (Lipinski definition) is 2. The molecule has 0 bridgehead atoms. The Bertz CT molecular complexity index is 619. The van der Waals surface area contributed by atoms with E-state index in [0.29, 0.717) is 12.0 Å². The summed E-state index contributed by atoms with van der Waals surface area (Å²) >= 11 is 1.43. The average Bonchev–Trinajstić information content (AvgIpc) is 2.74. The van der Waals surface area contributed by atoms with Crippen LogP contribution in [0, 0.1) is 6.92 Å². The van der Waals surface area contributed by atoms with Crippen LogP contribution in [0.1, 0.15) is 33.5 Å². The molecule has 4 nitrogen and oxygen atoms in total. The van der Waals surface area contributed by atoms with E-state index >= 15 is 0 Å². The SMILES string of the molecule is CCc1cc(C(=O)Cc2nc(C)cs2)c(O)cc1O. The molecule has 0 saturated heterocycles. The van der Waals surface area contributed by atoms with Crippen LogP contribution in [0.4, 0.5) is 0 Å². The Kier molecular flexibility index (Phi) is 3.85. The minimum absolute atomic E-state index is 0.0154. The maximum absolute atomic E-state index is 12.1. The number of phenols is 2. The van der Waals surface area contributed by atoms with Gasteiger partial charge in [-0.15, -0.1) is 11.3 Å². The normalized spacial score (nSPS) is 10.6. The third kappa shape index (κ3) is 2.93. The van der Waals surface area contributed by atoms with Crippen molar-refractivity contribution in [3.63, 3.8) is 0 Å². The summed E-state index contributed by atoms with van der Waals surface area (Å²) in [7, 11) is 0. The fourth-order valence-corrected chi connectivity index (χ4v) is 2.62. The molecule has 0 fully saturated rings. The van der Waals surface area contributed by atoms with Crippen LogP contribution < -0.4 is 0 Å². The quantitative estimate of drug-likeness (QED) is 0.843. The molecule has 0 aliphatic rings. The lowest BCUT2D eigenvalue weighted by Gasteiger charge is -2.07. The van der Waals surface area contributed by atoms with Crippen molar-refractivity contribution in [2.75, 3.05) is 0 Å². The van der Waals surface area contributed by atoms with Crippen molar-refractivity contribution in [2.45, 2.75) is 26.7 Å². The molecule has 0 aliphatic heterocycles. The Labute approximate surface area is 115 Å². The first-order valence-corrected chi connectivity index (χ1v) is 6.88. The second kappa shape index (κ2) is 5.40. The predicted molar refractivity (Wildman–Crippen MR) is 74.0 cm³/mol. The summed E-state index contributed by atoms with van der Waals surface area (Å²) < 4.78 is 0. The van der Waals surface area contributed by atoms with E-state index in [1.165, 1.54) is 17.4 Å². The standard InChI is InChI=1S/C14H15NO3S/c1-3-9-4-10(12(17)5-11(9)16)13(18)6-14-15-8(2)7-19-14/h4-5,7,16-17H,3,6H2,1-2H3. The first-order valence-electron chi connectivity index (χ1n) is 6.00. The topological polar surface area (TPSA) is 70.4 Å². The van der Waals surface area contributed by atoms with Crippen LogP contribution >= 0.6 is 11.3 Å². The molecule has 2 N–H and O–H groups in total. The van der Waals surface area contributed by atoms with Crippen LogP contribution in [-0.2, 0) is 12.8 Å². The largest absolute Gasteiger partial charge is 0.508 e. The number of nitrogens with zero attached hydrogens (tertiary/aromatic N) is 1. The molecule has 0 spiro atoms. The number of carbonyl (C=O) groups excluding carboxylic acids is 1. The average molecular weight is 277 g/mol. The third-order valence-electron chi connectivity index (χ3n) is 2.86. The smallest absolute Gasteiger partial charge is 0.173 e. The summed E-state index contributed by atoms with van der Waals surface area (Å²) in [4.78, 5) is 16.4. The van der Waals surface area contributed by atoms with Crippen LogP contribution in [0.15, 0.2) is 17.5 Å². The molecule has 1 aromatic carbocycles. The number of aryl methyl sites for hydroxylation is 2. The van der Waals surface area contributed by atoms with E-state index in [1.807, 2.05) is 19.2 Å². The van der Waals surface area contributed by atoms with E-state index in [-0.39, 0.29) is 29.3 Å². The molecular weight excluding hydrogens is 262 g/mol. The highest BCUT2D eigenvalue weighted by atomic mass is 32.1. The van der Waals surface area contributed by atoms with Crippen LogP contribution in [0.2, 0.25) is 0 Å². The van der Waals surface area contributed by atoms with Crippen molar-refractivity contribution in [2.24, 2.45) is 0 Å². The summed E-state index contributed by atoms with van der Waals surface area (Å²) in [5.74, 6) is -0.365. The van der Waals surface area contributed by atoms with E-state index in [2.05, 4.69) is 4.98 Å². The number of hydrogen-bond acceptors (Lipinski definition) is 5. The summed E-state index contributed by atoms with van der Waals surface area (Å²) in [6.07, 6.45) is 0.767. The van der Waals surface area contributed by atoms with Gasteiger partial charge in [0.2, 0.25) is 0 Å². The minimum atomic E-state index is -0.193. The maximum atomic E-state index is 12.1. The number of benzene rings is 1. The monoisotopic (exact) mass is 277 g/mol. The number of ketones is 1. The van der Waals surface area contributed by atoms with Crippen molar-refractivity contribution in [1.82, 2.24) is 4.98 Å². The molecule has 1 heterocycles. The summed E-state index contributed by atoms with van der Waals surface area (Å²) in [6.45, 7) is 3.75. The molecule has 0 amide bonds. The fourth-order valence-electron chi connectivity index (χ4n) is 1.85. The molecular formula is C14H15NO3S. The summed E-state index contributed by atoms with van der Waals surface area (Å²) in [6, 6.07) is 2.77. The molecule has 2 rings (SSSR count). The molecule has 19 heavy (non-hydrogen) atoms. The zero-order chi connectivity index (χ0) is 14.0. The van der Waals surface area contributed by atoms with Crippen molar-refractivity contribution >= 4 is 17.1 Å². The number of thiazole rings is 1. The molecule has 0 radical (unpaired) electrons. The van der Waals surface area contributed by atoms with Gasteiger partial charge in [0, 0.05) is 17.1 Å². The third-order valence-corrected chi connectivity index (χ3v) is 3.82. The van der Waals surface area contributed by atoms with E-state index in [0.717, 1.165) is 10.7 Å². The van der Waals surface area contributed by atoms with Crippen molar-refractivity contribution in [1.29, 1.82) is 0 Å². The van der Waals surface area contributed by atoms with Crippen molar-refractivity contribution in [3.8, 4) is 11.5 Å². The predicted octanol–water partition coefficient (Wildman–Crippen LogP) is 2.85. The number of aromatic nitrogens is 1. The molecule has 5 heteroatoms. The van der Waals surface area contributed by atoms with Crippen LogP contribution in [-0.4, -0.2) is 21.0 Å². The van der Waals surface area contributed by atoms with Gasteiger partial charge >= 0.3 is 0 Å². The van der Waals surface area contributed by atoms with Gasteiger partial charge in [0.25, 0.3) is 0 Å². The van der Waals surface area contributed by atoms with Crippen LogP contribution in [0.3, 0.4) is 0 Å². The zero-order valence-electron chi connectivity index (χ0n) is 10.8. The van der Waals surface area contributed by atoms with E-state index in [4.69, 9.17) is 0 Å². The molecule has 2 aromatic rings. The van der Waals surface area contributed by atoms with Gasteiger partial charge in [0.1, 0.15) is 16.5 Å². The van der Waals surface area contributed by atoms with Crippen molar-refractivity contribution < 1.29 is 15.0 Å². The van der Waals surface area contributed by atoms with E-state index < -0.39 is 0 Å². The highest BCUT2D eigenvalue weighted by Gasteiger charge is 2.16. The first-order chi connectivity index (χ1) is 9.01. The lowest BCUT2D eigenvalue weighted by molar-refractivity contribution is 0.0990. The Morgan fingerprint density at radius 2 is 2.05 bits per heavy atom. The Hall–Kier alpha value is -1.88. The number of aromatic hydroxyl groups is 2. The van der Waals surface area contributed by atoms with Gasteiger partial charge in [-0.05, 0) is 25.0 Å². The molecule has 0 aliphatic carbocycles. The van der Waals surface area contributed by atoms with Crippen LogP contribution in [0.5, 0.6) is 11.5 Å². The first kappa shape index (κ1) is 13.5. The number of Topliss-reactive ketones (excluding diaryl/α,β-unsaturated/α-hetero) is 1. The van der Waals surface area contributed by atoms with Gasteiger partial charge in [0.15, 0.2) is 5.78 Å². The highest BCUT2D eigenvalue weighted by molar-refractivity contribution is 7.09. The lowest BCUT2D eigenvalue weighted by Crippen LogP contribution is -2.04. The second-order valence-electron chi connectivity index (χ2n) is 4.33. The van der Waals surface area contributed by atoms with Crippen LogP contribution in [0.25, 0.3) is 0 Å². The molecule has 0 atom stereocenters. The van der Waals surface area contributed by atoms with Gasteiger partial charge in [-0.25, -0.2) is 4.98 Å². The Balaban J connectivity index is 2.28. The molecule has 100 valence electrons. The van der Waals surface area contributed by atoms with E-state index in [9.17, 15) is 15.0 Å². The Morgan fingerprint density at radius 3 is 2.63 bits per heavy atom. The maximum Gasteiger partial charge on any atom is 0.173 e. The fraction of sp³-hybridized carbons (Fsp3) is 0.286. The van der Waals surface area contributed by atoms with Gasteiger partial charge in [-0.2, -0.15) is 0 Å². The number of rotatable bonds is 4. The van der Waals surface area contributed by atoms with Gasteiger partial charge in [-0.3, -0.25) is 4.79 Å². The van der Waals surface area contributed by atoms with Gasteiger partial charge < -0.3 is 10.2 Å².